The lowest BCUT2D eigenvalue weighted by Gasteiger charge is -2.08. The minimum Gasteiger partial charge on any atom is -0.369 e. The van der Waals surface area contributed by atoms with E-state index in [1.807, 2.05) is 79.7 Å². The smallest absolute Gasteiger partial charge is 0.0893 e. The molecule has 0 saturated carbocycles. The summed E-state index contributed by atoms with van der Waals surface area (Å²) in [5.41, 5.74) is 7.07. The van der Waals surface area contributed by atoms with E-state index in [2.05, 4.69) is 30.9 Å². The van der Waals surface area contributed by atoms with Crippen molar-refractivity contribution in [2.75, 3.05) is 0 Å². The van der Waals surface area contributed by atoms with E-state index in [1.54, 1.807) is 0 Å². The standard InChI is InChI=1S/C24H21BrN4O/c1-17-6-2-10-21(26-17)22-12-4-8-19(28-22)15-30-16-20-9-5-13-24(29-20)23-11-3-7-18(14-25)27-23/h2-13H,14-16H2,1H3. The van der Waals surface area contributed by atoms with Crippen molar-refractivity contribution in [3.8, 4) is 22.8 Å². The number of nitrogens with zero attached hydrogens (tertiary/aromatic N) is 4. The highest BCUT2D eigenvalue weighted by Gasteiger charge is 2.06. The third-order valence-corrected chi connectivity index (χ3v) is 5.04. The summed E-state index contributed by atoms with van der Waals surface area (Å²) in [6.45, 7) is 2.78. The first-order chi connectivity index (χ1) is 14.7. The van der Waals surface area contributed by atoms with E-state index in [0.717, 1.165) is 45.6 Å². The molecular weight excluding hydrogens is 440 g/mol. The highest BCUT2D eigenvalue weighted by Crippen LogP contribution is 2.18. The van der Waals surface area contributed by atoms with Crippen molar-refractivity contribution in [3.05, 3.63) is 95.6 Å². The summed E-state index contributed by atoms with van der Waals surface area (Å²) in [5, 5.41) is 0.716. The molecular formula is C24H21BrN4O. The maximum absolute atomic E-state index is 5.88. The molecule has 0 unspecified atom stereocenters. The average molecular weight is 461 g/mol. The second-order valence-electron chi connectivity index (χ2n) is 6.83. The lowest BCUT2D eigenvalue weighted by Crippen LogP contribution is -2.00. The third-order valence-electron chi connectivity index (χ3n) is 4.47. The first-order valence-electron chi connectivity index (χ1n) is 9.67. The Morgan fingerprint density at radius 3 is 1.53 bits per heavy atom. The zero-order valence-corrected chi connectivity index (χ0v) is 18.2. The van der Waals surface area contributed by atoms with Crippen LogP contribution in [0.2, 0.25) is 0 Å². The summed E-state index contributed by atoms with van der Waals surface area (Å²) >= 11 is 3.45. The normalized spacial score (nSPS) is 10.9. The van der Waals surface area contributed by atoms with Gasteiger partial charge in [-0.15, -0.1) is 0 Å². The molecule has 0 bridgehead atoms. The van der Waals surface area contributed by atoms with Crippen LogP contribution in [0.15, 0.2) is 72.8 Å². The van der Waals surface area contributed by atoms with E-state index >= 15 is 0 Å². The SMILES string of the molecule is Cc1cccc(-c2cccc(COCc3cccc(-c4cccc(CBr)n4)n3)n2)n1. The number of pyridine rings is 4. The lowest BCUT2D eigenvalue weighted by molar-refractivity contribution is 0.102. The molecule has 0 aliphatic heterocycles. The molecule has 30 heavy (non-hydrogen) atoms. The van der Waals surface area contributed by atoms with Gasteiger partial charge in [0.1, 0.15) is 0 Å². The van der Waals surface area contributed by atoms with Crippen molar-refractivity contribution in [3.63, 3.8) is 0 Å². The molecule has 4 aromatic rings. The molecule has 4 aromatic heterocycles. The molecule has 0 spiro atoms. The van der Waals surface area contributed by atoms with Gasteiger partial charge >= 0.3 is 0 Å². The quantitative estimate of drug-likeness (QED) is 0.339. The molecule has 0 saturated heterocycles. The Kier molecular flexibility index (Phi) is 6.57. The largest absolute Gasteiger partial charge is 0.369 e. The highest BCUT2D eigenvalue weighted by molar-refractivity contribution is 9.08. The molecule has 4 rings (SSSR count). The van der Waals surface area contributed by atoms with Gasteiger partial charge in [-0.05, 0) is 55.5 Å². The molecule has 0 amide bonds. The summed E-state index contributed by atoms with van der Waals surface area (Å²) in [7, 11) is 0. The Morgan fingerprint density at radius 1 is 0.600 bits per heavy atom. The molecule has 0 aromatic carbocycles. The number of alkyl halides is 1. The van der Waals surface area contributed by atoms with Crippen molar-refractivity contribution in [2.24, 2.45) is 0 Å². The van der Waals surface area contributed by atoms with Crippen molar-refractivity contribution < 1.29 is 4.74 Å². The third kappa shape index (κ3) is 5.14. The van der Waals surface area contributed by atoms with Crippen LogP contribution in [0.5, 0.6) is 0 Å². The van der Waals surface area contributed by atoms with Gasteiger partial charge in [0.2, 0.25) is 0 Å². The number of aromatic nitrogens is 4. The molecule has 150 valence electrons. The van der Waals surface area contributed by atoms with Crippen molar-refractivity contribution >= 4 is 15.9 Å². The number of ether oxygens (including phenoxy) is 1. The Balaban J connectivity index is 1.42. The van der Waals surface area contributed by atoms with Gasteiger partial charge in [-0.1, -0.05) is 40.2 Å². The van der Waals surface area contributed by atoms with Crippen LogP contribution < -0.4 is 0 Å². The molecule has 0 radical (unpaired) electrons. The van der Waals surface area contributed by atoms with E-state index in [1.165, 1.54) is 0 Å². The summed E-state index contributed by atoms with van der Waals surface area (Å²) in [4.78, 5) is 18.5. The van der Waals surface area contributed by atoms with Crippen LogP contribution in [0.25, 0.3) is 22.8 Å². The van der Waals surface area contributed by atoms with E-state index in [0.29, 0.717) is 18.5 Å². The summed E-state index contributed by atoms with van der Waals surface area (Å²) in [6.07, 6.45) is 0. The van der Waals surface area contributed by atoms with Crippen LogP contribution in [0.3, 0.4) is 0 Å². The predicted octanol–water partition coefficient (Wildman–Crippen LogP) is 5.52. The van der Waals surface area contributed by atoms with Gasteiger partial charge in [-0.25, -0.2) is 9.97 Å². The van der Waals surface area contributed by atoms with E-state index < -0.39 is 0 Å². The molecule has 0 fully saturated rings. The fourth-order valence-electron chi connectivity index (χ4n) is 3.05. The fraction of sp³-hybridized carbons (Fsp3) is 0.167. The minimum absolute atomic E-state index is 0.403. The molecule has 0 aliphatic rings. The molecule has 0 atom stereocenters. The highest BCUT2D eigenvalue weighted by atomic mass is 79.9. The fourth-order valence-corrected chi connectivity index (χ4v) is 3.36. The maximum Gasteiger partial charge on any atom is 0.0893 e. The van der Waals surface area contributed by atoms with Crippen LogP contribution in [0.1, 0.15) is 22.8 Å². The molecule has 0 aliphatic carbocycles. The van der Waals surface area contributed by atoms with Gasteiger partial charge in [0.05, 0.1) is 53.1 Å². The number of hydrogen-bond acceptors (Lipinski definition) is 5. The second-order valence-corrected chi connectivity index (χ2v) is 7.39. The van der Waals surface area contributed by atoms with Crippen LogP contribution in [-0.2, 0) is 23.3 Å². The van der Waals surface area contributed by atoms with Crippen molar-refractivity contribution in [2.45, 2.75) is 25.5 Å². The molecule has 0 N–H and O–H groups in total. The molecule has 5 nitrogen and oxygen atoms in total. The van der Waals surface area contributed by atoms with E-state index in [9.17, 15) is 0 Å². The monoisotopic (exact) mass is 460 g/mol. The zero-order valence-electron chi connectivity index (χ0n) is 16.6. The summed E-state index contributed by atoms with van der Waals surface area (Å²) in [6, 6.07) is 23.7. The van der Waals surface area contributed by atoms with Gasteiger partial charge in [0.15, 0.2) is 0 Å². The summed E-state index contributed by atoms with van der Waals surface area (Å²) in [5.74, 6) is 0. The zero-order chi connectivity index (χ0) is 20.8. The number of rotatable bonds is 7. The van der Waals surface area contributed by atoms with Gasteiger partial charge in [-0.3, -0.25) is 9.97 Å². The van der Waals surface area contributed by atoms with Crippen molar-refractivity contribution in [1.29, 1.82) is 0 Å². The Morgan fingerprint density at radius 2 is 1.03 bits per heavy atom. The Labute approximate surface area is 184 Å². The van der Waals surface area contributed by atoms with E-state index in [-0.39, 0.29) is 0 Å². The minimum atomic E-state index is 0.403. The molecule has 4 heterocycles. The van der Waals surface area contributed by atoms with Crippen molar-refractivity contribution in [1.82, 2.24) is 19.9 Å². The number of halogens is 1. The number of aryl methyl sites for hydroxylation is 1. The van der Waals surface area contributed by atoms with Crippen LogP contribution in [0.4, 0.5) is 0 Å². The van der Waals surface area contributed by atoms with Crippen LogP contribution >= 0.6 is 15.9 Å². The first kappa shape index (κ1) is 20.3. The van der Waals surface area contributed by atoms with Crippen LogP contribution in [-0.4, -0.2) is 19.9 Å². The predicted molar refractivity (Wildman–Crippen MR) is 121 cm³/mol. The second kappa shape index (κ2) is 9.69. The van der Waals surface area contributed by atoms with E-state index in [4.69, 9.17) is 9.72 Å². The van der Waals surface area contributed by atoms with Gasteiger partial charge in [0, 0.05) is 11.0 Å². The first-order valence-corrected chi connectivity index (χ1v) is 10.8. The summed E-state index contributed by atoms with van der Waals surface area (Å²) < 4.78 is 5.88. The van der Waals surface area contributed by atoms with Gasteiger partial charge in [-0.2, -0.15) is 0 Å². The Bertz CT molecular complexity index is 1150. The molecule has 6 heteroatoms. The van der Waals surface area contributed by atoms with Crippen LogP contribution in [0, 0.1) is 6.92 Å². The number of hydrogen-bond donors (Lipinski definition) is 0. The van der Waals surface area contributed by atoms with Gasteiger partial charge in [0.25, 0.3) is 0 Å². The topological polar surface area (TPSA) is 60.8 Å². The van der Waals surface area contributed by atoms with Gasteiger partial charge < -0.3 is 4.74 Å². The lowest BCUT2D eigenvalue weighted by atomic mass is 10.2. The average Bonchev–Trinajstić information content (AvgIpc) is 2.79. The Hall–Kier alpha value is -2.96. The maximum atomic E-state index is 5.88.